The molecule has 164 valence electrons. The van der Waals surface area contributed by atoms with Gasteiger partial charge in [0.25, 0.3) is 0 Å². The van der Waals surface area contributed by atoms with Crippen molar-refractivity contribution in [2.75, 3.05) is 24.5 Å². The minimum Gasteiger partial charge on any atom is -0.342 e. The number of nitrogens with zero attached hydrogens (tertiary/aromatic N) is 4. The Bertz CT molecular complexity index is 1130. The number of piperidine rings is 1. The van der Waals surface area contributed by atoms with Crippen molar-refractivity contribution < 1.29 is 14.1 Å². The molecule has 0 radical (unpaired) electrons. The van der Waals surface area contributed by atoms with E-state index < -0.39 is 0 Å². The van der Waals surface area contributed by atoms with Gasteiger partial charge >= 0.3 is 0 Å². The maximum atomic E-state index is 13.1. The summed E-state index contributed by atoms with van der Waals surface area (Å²) in [5.41, 5.74) is 1.66. The number of carbonyl (C=O) groups is 2. The van der Waals surface area contributed by atoms with Crippen LogP contribution in [0.4, 0.5) is 5.69 Å². The number of anilines is 1. The number of carbonyl (C=O) groups excluding carboxylic acids is 2. The predicted molar refractivity (Wildman–Crippen MR) is 120 cm³/mol. The van der Waals surface area contributed by atoms with Crippen LogP contribution in [-0.2, 0) is 9.59 Å². The van der Waals surface area contributed by atoms with Crippen LogP contribution in [0.5, 0.6) is 0 Å². The second-order valence-corrected chi connectivity index (χ2v) is 8.74. The Morgan fingerprint density at radius 1 is 1.06 bits per heavy atom. The van der Waals surface area contributed by atoms with Gasteiger partial charge in [0.2, 0.25) is 23.5 Å². The van der Waals surface area contributed by atoms with E-state index in [0.29, 0.717) is 36.4 Å². The molecule has 1 atom stereocenters. The summed E-state index contributed by atoms with van der Waals surface area (Å²) in [5, 5.41) is 4.68. The Balaban J connectivity index is 1.19. The largest absolute Gasteiger partial charge is 0.342 e. The van der Waals surface area contributed by atoms with Crippen LogP contribution in [0.2, 0.25) is 5.02 Å². The number of rotatable bonds is 4. The lowest BCUT2D eigenvalue weighted by Gasteiger charge is -2.32. The van der Waals surface area contributed by atoms with Crippen LogP contribution >= 0.6 is 11.6 Å². The first-order valence-corrected chi connectivity index (χ1v) is 11.2. The van der Waals surface area contributed by atoms with Gasteiger partial charge in [-0.2, -0.15) is 4.98 Å². The van der Waals surface area contributed by atoms with Crippen molar-refractivity contribution >= 4 is 29.1 Å². The van der Waals surface area contributed by atoms with Crippen molar-refractivity contribution in [2.45, 2.75) is 25.2 Å². The highest BCUT2D eigenvalue weighted by Crippen LogP contribution is 2.32. The minimum absolute atomic E-state index is 0.0387. The third-order valence-electron chi connectivity index (χ3n) is 6.22. The zero-order valence-corrected chi connectivity index (χ0v) is 18.2. The molecule has 0 spiro atoms. The lowest BCUT2D eigenvalue weighted by Crippen LogP contribution is -2.42. The van der Waals surface area contributed by atoms with Gasteiger partial charge in [0.1, 0.15) is 0 Å². The lowest BCUT2D eigenvalue weighted by atomic mass is 9.95. The van der Waals surface area contributed by atoms with Crippen molar-refractivity contribution in [3.05, 3.63) is 65.5 Å². The summed E-state index contributed by atoms with van der Waals surface area (Å²) >= 11 is 6.06. The van der Waals surface area contributed by atoms with E-state index in [2.05, 4.69) is 10.1 Å². The fourth-order valence-electron chi connectivity index (χ4n) is 4.48. The van der Waals surface area contributed by atoms with E-state index >= 15 is 0 Å². The topological polar surface area (TPSA) is 79.5 Å². The molecule has 0 aliphatic carbocycles. The Hall–Kier alpha value is -3.19. The molecule has 0 bridgehead atoms. The molecule has 3 heterocycles. The van der Waals surface area contributed by atoms with Crippen molar-refractivity contribution in [3.63, 3.8) is 0 Å². The summed E-state index contributed by atoms with van der Waals surface area (Å²) in [6.45, 7) is 1.63. The van der Waals surface area contributed by atoms with Crippen molar-refractivity contribution in [1.29, 1.82) is 0 Å². The van der Waals surface area contributed by atoms with Gasteiger partial charge in [0.05, 0.1) is 5.92 Å². The van der Waals surface area contributed by atoms with Gasteiger partial charge < -0.3 is 14.3 Å². The Kier molecular flexibility index (Phi) is 5.66. The summed E-state index contributed by atoms with van der Waals surface area (Å²) in [4.78, 5) is 33.7. The zero-order chi connectivity index (χ0) is 22.1. The maximum absolute atomic E-state index is 13.1. The molecule has 2 saturated heterocycles. The van der Waals surface area contributed by atoms with Gasteiger partial charge in [-0.3, -0.25) is 9.59 Å². The van der Waals surface area contributed by atoms with Gasteiger partial charge in [-0.05, 0) is 31.0 Å². The third kappa shape index (κ3) is 4.12. The van der Waals surface area contributed by atoms with Crippen LogP contribution in [0.25, 0.3) is 11.4 Å². The van der Waals surface area contributed by atoms with Crippen molar-refractivity contribution in [3.8, 4) is 11.4 Å². The average Bonchev–Trinajstić information content (AvgIpc) is 3.47. The van der Waals surface area contributed by atoms with E-state index in [4.69, 9.17) is 16.1 Å². The van der Waals surface area contributed by atoms with Gasteiger partial charge in [-0.15, -0.1) is 0 Å². The predicted octanol–water partition coefficient (Wildman–Crippen LogP) is 4.15. The molecule has 3 aromatic rings. The first kappa shape index (κ1) is 20.7. The molecular formula is C24H23ClN4O3. The third-order valence-corrected chi connectivity index (χ3v) is 6.46. The van der Waals surface area contributed by atoms with Crippen LogP contribution in [0.3, 0.4) is 0 Å². The molecule has 0 N–H and O–H groups in total. The number of halogens is 1. The number of aromatic nitrogens is 2. The second-order valence-electron chi connectivity index (χ2n) is 8.31. The summed E-state index contributed by atoms with van der Waals surface area (Å²) in [6, 6.07) is 16.9. The first-order chi connectivity index (χ1) is 15.6. The summed E-state index contributed by atoms with van der Waals surface area (Å²) in [6.07, 6.45) is 1.76. The molecule has 8 heteroatoms. The first-order valence-electron chi connectivity index (χ1n) is 10.8. The smallest absolute Gasteiger partial charge is 0.230 e. The number of likely N-dealkylation sites (tertiary alicyclic amines) is 1. The highest BCUT2D eigenvalue weighted by molar-refractivity contribution is 6.31. The molecule has 32 heavy (non-hydrogen) atoms. The Morgan fingerprint density at radius 2 is 1.84 bits per heavy atom. The van der Waals surface area contributed by atoms with E-state index in [0.717, 1.165) is 24.1 Å². The molecule has 0 unspecified atom stereocenters. The van der Waals surface area contributed by atoms with Crippen LogP contribution in [0.15, 0.2) is 59.1 Å². The Labute approximate surface area is 191 Å². The average molecular weight is 451 g/mol. The number of hydrogen-bond donors (Lipinski definition) is 0. The summed E-state index contributed by atoms with van der Waals surface area (Å²) in [7, 11) is 0. The molecule has 2 aliphatic rings. The maximum Gasteiger partial charge on any atom is 0.230 e. The molecular weight excluding hydrogens is 428 g/mol. The van der Waals surface area contributed by atoms with Crippen LogP contribution < -0.4 is 4.90 Å². The quantitative estimate of drug-likeness (QED) is 0.596. The molecule has 5 rings (SSSR count). The zero-order valence-electron chi connectivity index (χ0n) is 17.5. The van der Waals surface area contributed by atoms with Gasteiger partial charge in [-0.25, -0.2) is 0 Å². The molecule has 7 nitrogen and oxygen atoms in total. The molecule has 2 aromatic carbocycles. The van der Waals surface area contributed by atoms with Gasteiger partial charge in [0, 0.05) is 48.2 Å². The highest BCUT2D eigenvalue weighted by Gasteiger charge is 2.38. The van der Waals surface area contributed by atoms with E-state index in [1.54, 1.807) is 17.0 Å². The van der Waals surface area contributed by atoms with Crippen LogP contribution in [-0.4, -0.2) is 46.5 Å². The normalized spacial score (nSPS) is 19.5. The molecule has 1 aromatic heterocycles. The second kappa shape index (κ2) is 8.74. The van der Waals surface area contributed by atoms with Crippen molar-refractivity contribution in [2.24, 2.45) is 5.92 Å². The minimum atomic E-state index is -0.328. The monoisotopic (exact) mass is 450 g/mol. The summed E-state index contributed by atoms with van der Waals surface area (Å²) in [5.74, 6) is 1.02. The molecule has 2 fully saturated rings. The van der Waals surface area contributed by atoms with Crippen LogP contribution in [0.1, 0.15) is 31.1 Å². The fourth-order valence-corrected chi connectivity index (χ4v) is 4.66. The SMILES string of the molecule is O=C([C@@H]1CC(=O)N(c2cccc(Cl)c2)C1)N1CCC(c2nc(-c3ccccc3)no2)CC1. The standard InChI is InChI=1S/C24H23ClN4O3/c25-19-7-4-8-20(14-19)29-15-18(13-21(29)30)24(31)28-11-9-17(10-12-28)23-26-22(27-32-23)16-5-2-1-3-6-16/h1-8,14,17-18H,9-13,15H2/t18-/m1/s1. The molecule has 2 aliphatic heterocycles. The highest BCUT2D eigenvalue weighted by atomic mass is 35.5. The van der Waals surface area contributed by atoms with E-state index in [9.17, 15) is 9.59 Å². The van der Waals surface area contributed by atoms with Gasteiger partial charge in [-0.1, -0.05) is 53.2 Å². The van der Waals surface area contributed by atoms with E-state index in [1.807, 2.05) is 47.4 Å². The fraction of sp³-hybridized carbons (Fsp3) is 0.333. The summed E-state index contributed by atoms with van der Waals surface area (Å²) < 4.78 is 5.51. The lowest BCUT2D eigenvalue weighted by molar-refractivity contribution is -0.136. The number of benzene rings is 2. The van der Waals surface area contributed by atoms with Gasteiger partial charge in [0.15, 0.2) is 0 Å². The van der Waals surface area contributed by atoms with Crippen LogP contribution in [0, 0.1) is 5.92 Å². The molecule has 0 saturated carbocycles. The van der Waals surface area contributed by atoms with E-state index in [1.165, 1.54) is 0 Å². The number of amides is 2. The Morgan fingerprint density at radius 3 is 2.59 bits per heavy atom. The van der Waals surface area contributed by atoms with E-state index in [-0.39, 0.29) is 30.1 Å². The number of hydrogen-bond acceptors (Lipinski definition) is 5. The van der Waals surface area contributed by atoms with Crippen molar-refractivity contribution in [1.82, 2.24) is 15.0 Å². The molecule has 2 amide bonds.